The van der Waals surface area contributed by atoms with Crippen LogP contribution in [0.4, 0.5) is 0 Å². The van der Waals surface area contributed by atoms with Crippen molar-refractivity contribution in [1.82, 2.24) is 10.6 Å². The van der Waals surface area contributed by atoms with Crippen LogP contribution in [-0.4, -0.2) is 23.1 Å². The third-order valence-electron chi connectivity index (χ3n) is 5.05. The second kappa shape index (κ2) is 9.07. The first-order chi connectivity index (χ1) is 15.0. The molecule has 1 aliphatic heterocycles. The van der Waals surface area contributed by atoms with E-state index in [1.54, 1.807) is 18.2 Å². The van der Waals surface area contributed by atoms with E-state index in [9.17, 15) is 9.90 Å². The van der Waals surface area contributed by atoms with Crippen molar-refractivity contribution < 1.29 is 14.6 Å². The van der Waals surface area contributed by atoms with Gasteiger partial charge in [-0.2, -0.15) is 0 Å². The van der Waals surface area contributed by atoms with Crippen molar-refractivity contribution in [1.29, 1.82) is 0 Å². The van der Waals surface area contributed by atoms with Gasteiger partial charge >= 0.3 is 0 Å². The maximum atomic E-state index is 13.7. The lowest BCUT2D eigenvalue weighted by Crippen LogP contribution is -2.45. The molecule has 3 N–H and O–H groups in total. The van der Waals surface area contributed by atoms with Crippen molar-refractivity contribution >= 4 is 51.4 Å². The molecule has 0 aliphatic carbocycles. The molecular formula is C24H19IN2O3S. The Bertz CT molecular complexity index is 1180. The van der Waals surface area contributed by atoms with E-state index >= 15 is 0 Å². The van der Waals surface area contributed by atoms with Gasteiger partial charge in [0, 0.05) is 5.56 Å². The molecule has 0 aromatic heterocycles. The number of benzene rings is 3. The molecule has 1 atom stereocenters. The van der Waals surface area contributed by atoms with Gasteiger partial charge in [-0.3, -0.25) is 4.79 Å². The first-order valence-corrected chi connectivity index (χ1v) is 11.0. The minimum atomic E-state index is -0.555. The van der Waals surface area contributed by atoms with Crippen LogP contribution in [0.3, 0.4) is 0 Å². The molecule has 5 nitrogen and oxygen atoms in total. The zero-order valence-corrected chi connectivity index (χ0v) is 19.5. The Kier molecular flexibility index (Phi) is 6.24. The number of methoxy groups -OCH3 is 1. The molecule has 1 aliphatic rings. The zero-order chi connectivity index (χ0) is 22.0. The van der Waals surface area contributed by atoms with Crippen LogP contribution in [0.2, 0.25) is 0 Å². The van der Waals surface area contributed by atoms with E-state index in [0.717, 1.165) is 11.1 Å². The predicted molar refractivity (Wildman–Crippen MR) is 133 cm³/mol. The van der Waals surface area contributed by atoms with Gasteiger partial charge in [0.05, 0.1) is 28.0 Å². The van der Waals surface area contributed by atoms with Gasteiger partial charge < -0.3 is 20.5 Å². The Morgan fingerprint density at radius 3 is 2.32 bits per heavy atom. The summed E-state index contributed by atoms with van der Waals surface area (Å²) >= 11 is 7.55. The van der Waals surface area contributed by atoms with E-state index in [1.165, 1.54) is 7.11 Å². The minimum absolute atomic E-state index is 0.0274. The summed E-state index contributed by atoms with van der Waals surface area (Å²) in [5.41, 5.74) is 3.32. The van der Waals surface area contributed by atoms with E-state index in [4.69, 9.17) is 17.0 Å². The fourth-order valence-electron chi connectivity index (χ4n) is 3.57. The van der Waals surface area contributed by atoms with Gasteiger partial charge in [-0.1, -0.05) is 66.7 Å². The number of phenols is 1. The van der Waals surface area contributed by atoms with Gasteiger partial charge in [0.1, 0.15) is 0 Å². The van der Waals surface area contributed by atoms with Gasteiger partial charge in [-0.05, 0) is 52.0 Å². The van der Waals surface area contributed by atoms with E-state index in [-0.39, 0.29) is 11.5 Å². The number of ketones is 1. The quantitative estimate of drug-likeness (QED) is 0.244. The second-order valence-corrected chi connectivity index (χ2v) is 8.39. The lowest BCUT2D eigenvalue weighted by molar-refractivity contribution is 0.102. The Labute approximate surface area is 199 Å². The minimum Gasteiger partial charge on any atom is -0.504 e. The van der Waals surface area contributed by atoms with E-state index in [1.807, 2.05) is 54.6 Å². The standard InChI is InChI=1S/C24H19IN2O3S/c1-30-17-13-12-16(19(25)23(17)29)21-18(22(28)15-10-6-3-7-11-15)20(26-24(31)27-21)14-8-4-2-5-9-14/h2-13,21,29H,1H3,(H2,26,27,31)/t21-/m1/s1. The van der Waals surface area contributed by atoms with Crippen LogP contribution in [0.25, 0.3) is 5.70 Å². The van der Waals surface area contributed by atoms with Crippen molar-refractivity contribution in [3.8, 4) is 11.5 Å². The summed E-state index contributed by atoms with van der Waals surface area (Å²) in [6.45, 7) is 0. The molecule has 0 saturated heterocycles. The average molecular weight is 542 g/mol. The number of hydrogen-bond acceptors (Lipinski definition) is 4. The second-order valence-electron chi connectivity index (χ2n) is 6.90. The fraction of sp³-hybridized carbons (Fsp3) is 0.0833. The number of aromatic hydroxyl groups is 1. The number of hydrogen-bond donors (Lipinski definition) is 3. The molecule has 156 valence electrons. The van der Waals surface area contributed by atoms with Gasteiger partial charge in [-0.25, -0.2) is 0 Å². The number of nitrogens with one attached hydrogen (secondary N) is 2. The van der Waals surface area contributed by atoms with Gasteiger partial charge in [0.25, 0.3) is 0 Å². The zero-order valence-electron chi connectivity index (χ0n) is 16.6. The van der Waals surface area contributed by atoms with Crippen LogP contribution in [0.1, 0.15) is 27.5 Å². The molecule has 3 aromatic carbocycles. The molecule has 1 heterocycles. The molecule has 0 saturated carbocycles. The molecule has 0 bridgehead atoms. The number of rotatable bonds is 5. The summed E-state index contributed by atoms with van der Waals surface area (Å²) in [5.74, 6) is 0.269. The van der Waals surface area contributed by atoms with Crippen LogP contribution in [0.5, 0.6) is 11.5 Å². The maximum Gasteiger partial charge on any atom is 0.193 e. The lowest BCUT2D eigenvalue weighted by atomic mass is 9.87. The number of ether oxygens (including phenoxy) is 1. The van der Waals surface area contributed by atoms with Gasteiger partial charge in [0.15, 0.2) is 22.4 Å². The molecule has 7 heteroatoms. The average Bonchev–Trinajstić information content (AvgIpc) is 2.81. The highest BCUT2D eigenvalue weighted by Crippen LogP contribution is 2.40. The number of halogens is 1. The summed E-state index contributed by atoms with van der Waals surface area (Å²) in [5, 5.41) is 17.4. The molecule has 0 unspecified atom stereocenters. The smallest absolute Gasteiger partial charge is 0.193 e. The molecule has 3 aromatic rings. The Morgan fingerprint density at radius 1 is 1.03 bits per heavy atom. The number of Topliss-reactive ketones (excluding diaryl/α,β-unsaturated/α-hetero) is 1. The highest BCUT2D eigenvalue weighted by molar-refractivity contribution is 14.1. The van der Waals surface area contributed by atoms with Crippen LogP contribution in [0.15, 0.2) is 78.4 Å². The summed E-state index contributed by atoms with van der Waals surface area (Å²) in [6.07, 6.45) is 0. The third-order valence-corrected chi connectivity index (χ3v) is 6.41. The number of thiocarbonyl (C=S) groups is 1. The number of carbonyl (C=O) groups is 1. The van der Waals surface area contributed by atoms with Crippen molar-refractivity contribution in [3.05, 3.63) is 98.6 Å². The topological polar surface area (TPSA) is 70.6 Å². The lowest BCUT2D eigenvalue weighted by Gasteiger charge is -2.32. The molecule has 31 heavy (non-hydrogen) atoms. The molecular weight excluding hydrogens is 523 g/mol. The molecule has 0 radical (unpaired) electrons. The van der Waals surface area contributed by atoms with Crippen LogP contribution < -0.4 is 15.4 Å². The molecule has 0 fully saturated rings. The van der Waals surface area contributed by atoms with E-state index in [2.05, 4.69) is 33.2 Å². The first-order valence-electron chi connectivity index (χ1n) is 9.53. The fourth-order valence-corrected chi connectivity index (χ4v) is 4.55. The largest absolute Gasteiger partial charge is 0.504 e. The van der Waals surface area contributed by atoms with Crippen molar-refractivity contribution in [2.45, 2.75) is 6.04 Å². The summed E-state index contributed by atoms with van der Waals surface area (Å²) in [6, 6.07) is 21.7. The van der Waals surface area contributed by atoms with E-state index in [0.29, 0.717) is 31.3 Å². The molecule has 0 spiro atoms. The van der Waals surface area contributed by atoms with Crippen molar-refractivity contribution in [3.63, 3.8) is 0 Å². The normalized spacial score (nSPS) is 15.8. The Morgan fingerprint density at radius 2 is 1.68 bits per heavy atom. The number of carbonyl (C=O) groups excluding carboxylic acids is 1. The maximum absolute atomic E-state index is 13.7. The Balaban J connectivity index is 1.96. The number of phenolic OH excluding ortho intramolecular Hbond substituents is 1. The van der Waals surface area contributed by atoms with Crippen LogP contribution in [0, 0.1) is 3.57 Å². The summed E-state index contributed by atoms with van der Waals surface area (Å²) in [7, 11) is 1.50. The van der Waals surface area contributed by atoms with Gasteiger partial charge in [-0.15, -0.1) is 0 Å². The highest BCUT2D eigenvalue weighted by Gasteiger charge is 2.34. The van der Waals surface area contributed by atoms with Crippen molar-refractivity contribution in [2.75, 3.05) is 7.11 Å². The third kappa shape index (κ3) is 4.15. The highest BCUT2D eigenvalue weighted by atomic mass is 127. The summed E-state index contributed by atoms with van der Waals surface area (Å²) in [4.78, 5) is 13.7. The molecule has 0 amide bonds. The van der Waals surface area contributed by atoms with E-state index < -0.39 is 6.04 Å². The van der Waals surface area contributed by atoms with Crippen molar-refractivity contribution in [2.24, 2.45) is 0 Å². The van der Waals surface area contributed by atoms with Crippen LogP contribution in [-0.2, 0) is 0 Å². The SMILES string of the molecule is COc1ccc([C@H]2NC(=S)NC(c3ccccc3)=C2C(=O)c2ccccc2)c(I)c1O. The van der Waals surface area contributed by atoms with Crippen LogP contribution >= 0.6 is 34.8 Å². The monoisotopic (exact) mass is 542 g/mol. The molecule has 4 rings (SSSR count). The first kappa shape index (κ1) is 21.3. The van der Waals surface area contributed by atoms with Gasteiger partial charge in [0.2, 0.25) is 0 Å². The summed E-state index contributed by atoms with van der Waals surface area (Å²) < 4.78 is 5.82. The predicted octanol–water partition coefficient (Wildman–Crippen LogP) is 4.82. The Hall–Kier alpha value is -2.91.